The maximum atomic E-state index is 11.4. The molecule has 1 amide bonds. The Bertz CT molecular complexity index is 214. The Morgan fingerprint density at radius 1 is 1.50 bits per heavy atom. The van der Waals surface area contributed by atoms with Crippen LogP contribution >= 0.6 is 7.60 Å². The van der Waals surface area contributed by atoms with Crippen molar-refractivity contribution in [2.24, 2.45) is 0 Å². The first-order chi connectivity index (χ1) is 6.47. The first-order valence-corrected chi connectivity index (χ1v) is 5.49. The van der Waals surface area contributed by atoms with Gasteiger partial charge in [-0.2, -0.15) is 0 Å². The molecule has 0 aromatic rings. The molecule has 0 aliphatic carbocycles. The van der Waals surface area contributed by atoms with Gasteiger partial charge in [-0.3, -0.25) is 14.6 Å². The normalized spacial score (nSPS) is 13.7. The molecule has 0 aromatic heterocycles. The predicted molar refractivity (Wildman–Crippen MR) is 47.1 cm³/mol. The Morgan fingerprint density at radius 3 is 2.36 bits per heavy atom. The Morgan fingerprint density at radius 2 is 2.00 bits per heavy atom. The van der Waals surface area contributed by atoms with Gasteiger partial charge in [0.1, 0.15) is 0 Å². The van der Waals surface area contributed by atoms with Gasteiger partial charge in [-0.25, -0.2) is 5.06 Å². The first kappa shape index (κ1) is 13.5. The second kappa shape index (κ2) is 6.10. The molecule has 0 radical (unpaired) electrons. The summed E-state index contributed by atoms with van der Waals surface area (Å²) < 4.78 is 20.6. The highest BCUT2D eigenvalue weighted by molar-refractivity contribution is 7.53. The maximum Gasteiger partial charge on any atom is 0.332 e. The molecule has 1 unspecified atom stereocenters. The van der Waals surface area contributed by atoms with Gasteiger partial charge in [0.25, 0.3) is 0 Å². The Labute approximate surface area is 81.7 Å². The molecule has 0 saturated heterocycles. The number of amides is 1. The molecule has 0 bridgehead atoms. The van der Waals surface area contributed by atoms with E-state index in [1.807, 2.05) is 0 Å². The highest BCUT2D eigenvalue weighted by Gasteiger charge is 2.26. The first-order valence-electron chi connectivity index (χ1n) is 3.77. The maximum absolute atomic E-state index is 11.4. The minimum Gasteiger partial charge on any atom is -0.391 e. The molecule has 2 N–H and O–H groups in total. The quantitative estimate of drug-likeness (QED) is 0.268. The summed E-state index contributed by atoms with van der Waals surface area (Å²) in [5.74, 6) is 0. The van der Waals surface area contributed by atoms with E-state index in [0.29, 0.717) is 0 Å². The third kappa shape index (κ3) is 4.69. The zero-order valence-electron chi connectivity index (χ0n) is 7.99. The molecule has 0 spiro atoms. The average Bonchev–Trinajstić information content (AvgIpc) is 2.17. The standard InChI is InChI=1S/C6H14NO6P/c1-12-14(11,13-2)4-6(9)3-7(10)5-8/h5-6,9-10H,3-4H2,1-2H3. The molecule has 0 heterocycles. The third-order valence-electron chi connectivity index (χ3n) is 1.51. The van der Waals surface area contributed by atoms with Crippen LogP contribution in [0.25, 0.3) is 0 Å². The molecule has 0 fully saturated rings. The fourth-order valence-corrected chi connectivity index (χ4v) is 1.88. The second-order valence-corrected chi connectivity index (χ2v) is 4.86. The van der Waals surface area contributed by atoms with Crippen molar-refractivity contribution in [3.05, 3.63) is 0 Å². The number of nitrogens with zero attached hydrogens (tertiary/aromatic N) is 1. The number of aliphatic hydroxyl groups is 1. The number of carbonyl (C=O) groups is 1. The largest absolute Gasteiger partial charge is 0.391 e. The van der Waals surface area contributed by atoms with E-state index in [1.165, 1.54) is 14.2 Å². The Balaban J connectivity index is 4.10. The van der Waals surface area contributed by atoms with Crippen LogP contribution < -0.4 is 0 Å². The topological polar surface area (TPSA) is 96.3 Å². The molecule has 7 nitrogen and oxygen atoms in total. The summed E-state index contributed by atoms with van der Waals surface area (Å²) in [6, 6.07) is 0. The van der Waals surface area contributed by atoms with Gasteiger partial charge in [0, 0.05) is 14.2 Å². The lowest BCUT2D eigenvalue weighted by atomic mass is 10.4. The van der Waals surface area contributed by atoms with Crippen molar-refractivity contribution in [1.82, 2.24) is 5.06 Å². The van der Waals surface area contributed by atoms with Crippen molar-refractivity contribution in [1.29, 1.82) is 0 Å². The van der Waals surface area contributed by atoms with E-state index in [9.17, 15) is 14.5 Å². The van der Waals surface area contributed by atoms with Crippen molar-refractivity contribution < 1.29 is 28.7 Å². The molecular weight excluding hydrogens is 213 g/mol. The van der Waals surface area contributed by atoms with E-state index in [-0.39, 0.29) is 24.2 Å². The minimum absolute atomic E-state index is 0.133. The van der Waals surface area contributed by atoms with Gasteiger partial charge in [-0.1, -0.05) is 0 Å². The molecule has 0 saturated carbocycles. The summed E-state index contributed by atoms with van der Waals surface area (Å²) in [6.07, 6.45) is -1.32. The summed E-state index contributed by atoms with van der Waals surface area (Å²) in [4.78, 5) is 9.98. The minimum atomic E-state index is -3.31. The third-order valence-corrected chi connectivity index (χ3v) is 3.49. The van der Waals surface area contributed by atoms with Crippen LogP contribution in [-0.2, 0) is 18.4 Å². The Hall–Kier alpha value is -0.460. The van der Waals surface area contributed by atoms with Crippen molar-refractivity contribution in [3.8, 4) is 0 Å². The molecule has 8 heteroatoms. The number of aliphatic hydroxyl groups excluding tert-OH is 1. The van der Waals surface area contributed by atoms with Crippen LogP contribution in [0.15, 0.2) is 0 Å². The van der Waals surface area contributed by atoms with Crippen LogP contribution in [0.3, 0.4) is 0 Å². The smallest absolute Gasteiger partial charge is 0.332 e. The van der Waals surface area contributed by atoms with Gasteiger partial charge < -0.3 is 14.2 Å². The fourth-order valence-electron chi connectivity index (χ4n) is 0.798. The van der Waals surface area contributed by atoms with E-state index < -0.39 is 13.7 Å². The molecule has 0 aliphatic rings. The molecule has 0 rings (SSSR count). The monoisotopic (exact) mass is 227 g/mol. The number of hydrogen-bond donors (Lipinski definition) is 2. The fraction of sp³-hybridized carbons (Fsp3) is 0.833. The highest BCUT2D eigenvalue weighted by atomic mass is 31.2. The van der Waals surface area contributed by atoms with E-state index in [0.717, 1.165) is 0 Å². The summed E-state index contributed by atoms with van der Waals surface area (Å²) in [5, 5.41) is 18.2. The molecular formula is C6H14NO6P. The van der Waals surface area contributed by atoms with Crippen LogP contribution in [0.5, 0.6) is 0 Å². The average molecular weight is 227 g/mol. The van der Waals surface area contributed by atoms with Crippen LogP contribution in [0.1, 0.15) is 0 Å². The number of carbonyl (C=O) groups excluding carboxylic acids is 1. The summed E-state index contributed by atoms with van der Waals surface area (Å²) in [6.45, 7) is -0.347. The Kier molecular flexibility index (Phi) is 5.90. The van der Waals surface area contributed by atoms with E-state index in [1.54, 1.807) is 0 Å². The lowest BCUT2D eigenvalue weighted by molar-refractivity contribution is -0.154. The van der Waals surface area contributed by atoms with Gasteiger partial charge in [0.2, 0.25) is 6.41 Å². The van der Waals surface area contributed by atoms with Gasteiger partial charge in [-0.05, 0) is 0 Å². The van der Waals surface area contributed by atoms with E-state index in [2.05, 4.69) is 9.05 Å². The second-order valence-electron chi connectivity index (χ2n) is 2.54. The van der Waals surface area contributed by atoms with Crippen LogP contribution in [0.2, 0.25) is 0 Å². The number of hydrogen-bond acceptors (Lipinski definition) is 6. The molecule has 0 aliphatic heterocycles. The van der Waals surface area contributed by atoms with Crippen molar-refractivity contribution in [3.63, 3.8) is 0 Å². The van der Waals surface area contributed by atoms with Gasteiger partial charge in [0.15, 0.2) is 0 Å². The lowest BCUT2D eigenvalue weighted by Crippen LogP contribution is -2.31. The summed E-state index contributed by atoms with van der Waals surface area (Å²) in [5.41, 5.74) is 0. The van der Waals surface area contributed by atoms with Crippen LogP contribution in [0.4, 0.5) is 0 Å². The lowest BCUT2D eigenvalue weighted by Gasteiger charge is -2.19. The van der Waals surface area contributed by atoms with E-state index >= 15 is 0 Å². The molecule has 0 aromatic carbocycles. The highest BCUT2D eigenvalue weighted by Crippen LogP contribution is 2.46. The van der Waals surface area contributed by atoms with Gasteiger partial charge >= 0.3 is 7.60 Å². The summed E-state index contributed by atoms with van der Waals surface area (Å²) in [7, 11) is -0.932. The van der Waals surface area contributed by atoms with Crippen LogP contribution in [-0.4, -0.2) is 54.8 Å². The van der Waals surface area contributed by atoms with Crippen molar-refractivity contribution >= 4 is 14.0 Å². The molecule has 84 valence electrons. The van der Waals surface area contributed by atoms with Crippen LogP contribution in [0, 0.1) is 0 Å². The predicted octanol–water partition coefficient (Wildman–Crippen LogP) is -0.319. The molecule has 1 atom stereocenters. The van der Waals surface area contributed by atoms with Gasteiger partial charge in [0.05, 0.1) is 18.8 Å². The van der Waals surface area contributed by atoms with Crippen molar-refractivity contribution in [2.45, 2.75) is 6.10 Å². The zero-order chi connectivity index (χ0) is 11.2. The SMILES string of the molecule is COP(=O)(CC(O)CN(O)C=O)OC. The number of rotatable bonds is 7. The summed E-state index contributed by atoms with van der Waals surface area (Å²) >= 11 is 0. The number of hydroxylamine groups is 2. The van der Waals surface area contributed by atoms with E-state index in [4.69, 9.17) is 5.21 Å². The van der Waals surface area contributed by atoms with Gasteiger partial charge in [-0.15, -0.1) is 0 Å². The molecule has 14 heavy (non-hydrogen) atoms. The zero-order valence-corrected chi connectivity index (χ0v) is 8.89. The van der Waals surface area contributed by atoms with Crippen molar-refractivity contribution in [2.75, 3.05) is 26.9 Å².